The minimum Gasteiger partial charge on any atom is -0.485 e. The minimum atomic E-state index is -0.613. The number of thioether (sulfide) groups is 1. The molecule has 27 heavy (non-hydrogen) atoms. The zero-order valence-electron chi connectivity index (χ0n) is 16.8. The Hall–Kier alpha value is -1.75. The van der Waals surface area contributed by atoms with Crippen LogP contribution >= 0.6 is 11.8 Å². The van der Waals surface area contributed by atoms with Crippen molar-refractivity contribution < 1.29 is 14.9 Å². The molecule has 2 N–H and O–H groups in total. The maximum absolute atomic E-state index is 9.79. The molecule has 0 bridgehead atoms. The topological polar surface area (TPSA) is 49.7 Å². The molecular weight excluding hydrogens is 356 g/mol. The Morgan fingerprint density at radius 3 is 2.15 bits per heavy atom. The lowest BCUT2D eigenvalue weighted by atomic mass is 9.97. The van der Waals surface area contributed by atoms with Crippen molar-refractivity contribution in [2.45, 2.75) is 44.1 Å². The van der Waals surface area contributed by atoms with Crippen LogP contribution < -0.4 is 4.74 Å². The fraction of sp³-hybridized carbons (Fsp3) is 0.391. The zero-order chi connectivity index (χ0) is 20.0. The van der Waals surface area contributed by atoms with Crippen molar-refractivity contribution in [3.05, 3.63) is 64.7 Å². The van der Waals surface area contributed by atoms with Crippen LogP contribution in [0.2, 0.25) is 0 Å². The number of hydrogen-bond donors (Lipinski definition) is 2. The molecule has 0 spiro atoms. The monoisotopic (exact) mass is 386 g/mol. The van der Waals surface area contributed by atoms with Crippen LogP contribution in [0.3, 0.4) is 0 Å². The van der Waals surface area contributed by atoms with E-state index >= 15 is 0 Å². The molecule has 0 aromatic heterocycles. The molecule has 0 fully saturated rings. The molecular formula is C23H30O3S. The Labute approximate surface area is 167 Å². The lowest BCUT2D eigenvalue weighted by Gasteiger charge is -2.26. The van der Waals surface area contributed by atoms with Gasteiger partial charge in [0.15, 0.2) is 0 Å². The summed E-state index contributed by atoms with van der Waals surface area (Å²) in [6, 6.07) is 12.4. The van der Waals surface area contributed by atoms with Crippen LogP contribution in [0.25, 0.3) is 6.08 Å². The third-order valence-corrected chi connectivity index (χ3v) is 5.25. The maximum Gasteiger partial charge on any atom is 0.126 e. The molecule has 1 atom stereocenters. The second-order valence-corrected chi connectivity index (χ2v) is 8.30. The molecule has 3 nitrogen and oxygen atoms in total. The Kier molecular flexibility index (Phi) is 7.54. The van der Waals surface area contributed by atoms with Gasteiger partial charge >= 0.3 is 0 Å². The van der Waals surface area contributed by atoms with Gasteiger partial charge in [0.05, 0.1) is 13.2 Å². The predicted octanol–water partition coefficient (Wildman–Crippen LogP) is 4.96. The van der Waals surface area contributed by atoms with Gasteiger partial charge in [-0.3, -0.25) is 0 Å². The fourth-order valence-corrected chi connectivity index (χ4v) is 3.31. The van der Waals surface area contributed by atoms with Crippen molar-refractivity contribution in [3.63, 3.8) is 0 Å². The number of aliphatic hydroxyl groups is 2. The summed E-state index contributed by atoms with van der Waals surface area (Å²) in [5, 5.41) is 19.2. The standard InChI is InChI=1S/C23H30O3S/c1-16-12-18(13-17(2)22(16)26-23(3,4)15-25)6-7-20(14-24)19-8-10-21(27-5)11-9-19/h6-13,20,24-25H,14-15H2,1-5H3/b7-6-. The van der Waals surface area contributed by atoms with Crippen LogP contribution in [0.5, 0.6) is 5.75 Å². The first-order valence-electron chi connectivity index (χ1n) is 9.13. The van der Waals surface area contributed by atoms with Crippen LogP contribution in [0.1, 0.15) is 42.0 Å². The SMILES string of the molecule is CSc1ccc(C(/C=C\c2cc(C)c(OC(C)(C)CO)c(C)c2)CO)cc1. The summed E-state index contributed by atoms with van der Waals surface area (Å²) in [4.78, 5) is 1.21. The van der Waals surface area contributed by atoms with Gasteiger partial charge in [-0.15, -0.1) is 11.8 Å². The second-order valence-electron chi connectivity index (χ2n) is 7.43. The first kappa shape index (κ1) is 21.5. The van der Waals surface area contributed by atoms with E-state index in [9.17, 15) is 10.2 Å². The Morgan fingerprint density at radius 2 is 1.67 bits per heavy atom. The number of benzene rings is 2. The smallest absolute Gasteiger partial charge is 0.126 e. The van der Waals surface area contributed by atoms with E-state index < -0.39 is 5.60 Å². The molecule has 0 aliphatic carbocycles. The van der Waals surface area contributed by atoms with E-state index in [2.05, 4.69) is 42.7 Å². The lowest BCUT2D eigenvalue weighted by Crippen LogP contribution is -2.33. The summed E-state index contributed by atoms with van der Waals surface area (Å²) < 4.78 is 5.99. The normalized spacial score (nSPS) is 13.1. The third kappa shape index (κ3) is 5.86. The van der Waals surface area contributed by atoms with E-state index in [1.807, 2.05) is 39.8 Å². The van der Waals surface area contributed by atoms with E-state index in [1.54, 1.807) is 11.8 Å². The van der Waals surface area contributed by atoms with Crippen molar-refractivity contribution in [1.82, 2.24) is 0 Å². The lowest BCUT2D eigenvalue weighted by molar-refractivity contribution is 0.0401. The average molecular weight is 387 g/mol. The molecule has 2 aromatic rings. The van der Waals surface area contributed by atoms with Crippen LogP contribution in [0.15, 0.2) is 47.4 Å². The number of aryl methyl sites for hydroxylation is 2. The van der Waals surface area contributed by atoms with E-state index in [-0.39, 0.29) is 19.1 Å². The second kappa shape index (κ2) is 9.45. The largest absolute Gasteiger partial charge is 0.485 e. The third-order valence-electron chi connectivity index (χ3n) is 4.50. The molecule has 4 heteroatoms. The molecule has 1 unspecified atom stereocenters. The predicted molar refractivity (Wildman–Crippen MR) is 115 cm³/mol. The summed E-state index contributed by atoms with van der Waals surface area (Å²) in [6.45, 7) is 7.79. The number of hydrogen-bond acceptors (Lipinski definition) is 4. The van der Waals surface area contributed by atoms with Crippen molar-refractivity contribution in [2.75, 3.05) is 19.5 Å². The number of ether oxygens (including phenoxy) is 1. The first-order chi connectivity index (χ1) is 12.8. The van der Waals surface area contributed by atoms with Crippen molar-refractivity contribution in [1.29, 1.82) is 0 Å². The summed E-state index contributed by atoms with van der Waals surface area (Å²) in [7, 11) is 0. The van der Waals surface area contributed by atoms with Crippen LogP contribution in [-0.4, -0.2) is 35.3 Å². The van der Waals surface area contributed by atoms with Gasteiger partial charge in [0.1, 0.15) is 11.4 Å². The van der Waals surface area contributed by atoms with Crippen molar-refractivity contribution in [2.24, 2.45) is 0 Å². The number of aliphatic hydroxyl groups excluding tert-OH is 2. The van der Waals surface area contributed by atoms with Crippen molar-refractivity contribution in [3.8, 4) is 5.75 Å². The van der Waals surface area contributed by atoms with E-state index in [0.717, 1.165) is 28.0 Å². The van der Waals surface area contributed by atoms with Crippen LogP contribution in [0.4, 0.5) is 0 Å². The van der Waals surface area contributed by atoms with Gasteiger partial charge < -0.3 is 14.9 Å². The number of rotatable bonds is 8. The van der Waals surface area contributed by atoms with Crippen molar-refractivity contribution >= 4 is 17.8 Å². The van der Waals surface area contributed by atoms with Crippen LogP contribution in [0, 0.1) is 13.8 Å². The zero-order valence-corrected chi connectivity index (χ0v) is 17.6. The highest BCUT2D eigenvalue weighted by Gasteiger charge is 2.20. The molecule has 0 aliphatic heterocycles. The van der Waals surface area contributed by atoms with Gasteiger partial charge in [0.2, 0.25) is 0 Å². The van der Waals surface area contributed by atoms with Gasteiger partial charge in [-0.05, 0) is 80.5 Å². The fourth-order valence-electron chi connectivity index (χ4n) is 2.91. The molecule has 0 heterocycles. The van der Waals surface area contributed by atoms with E-state index in [0.29, 0.717) is 0 Å². The van der Waals surface area contributed by atoms with E-state index in [4.69, 9.17) is 4.74 Å². The maximum atomic E-state index is 9.79. The quantitative estimate of drug-likeness (QED) is 0.629. The summed E-state index contributed by atoms with van der Waals surface area (Å²) >= 11 is 1.71. The van der Waals surface area contributed by atoms with Crippen LogP contribution in [-0.2, 0) is 0 Å². The molecule has 0 saturated heterocycles. The molecule has 2 rings (SSSR count). The highest BCUT2D eigenvalue weighted by atomic mass is 32.2. The molecule has 0 aliphatic rings. The van der Waals surface area contributed by atoms with Gasteiger partial charge in [0, 0.05) is 10.8 Å². The molecule has 0 radical (unpaired) electrons. The van der Waals surface area contributed by atoms with Gasteiger partial charge in [-0.2, -0.15) is 0 Å². The highest BCUT2D eigenvalue weighted by Crippen LogP contribution is 2.29. The molecule has 0 saturated carbocycles. The molecule has 2 aromatic carbocycles. The van der Waals surface area contributed by atoms with Gasteiger partial charge in [-0.1, -0.05) is 24.3 Å². The van der Waals surface area contributed by atoms with Gasteiger partial charge in [0.25, 0.3) is 0 Å². The minimum absolute atomic E-state index is 0.0363. The average Bonchev–Trinajstić information content (AvgIpc) is 2.66. The molecule has 146 valence electrons. The van der Waals surface area contributed by atoms with E-state index in [1.165, 1.54) is 4.90 Å². The highest BCUT2D eigenvalue weighted by molar-refractivity contribution is 7.98. The first-order valence-corrected chi connectivity index (χ1v) is 10.4. The summed E-state index contributed by atoms with van der Waals surface area (Å²) in [5.41, 5.74) is 3.61. The molecule has 0 amide bonds. The summed E-state index contributed by atoms with van der Waals surface area (Å²) in [5.74, 6) is 0.781. The Balaban J connectivity index is 2.22. The summed E-state index contributed by atoms with van der Waals surface area (Å²) in [6.07, 6.45) is 6.14. The van der Waals surface area contributed by atoms with Gasteiger partial charge in [-0.25, -0.2) is 0 Å². The Bertz CT molecular complexity index is 756. The Morgan fingerprint density at radius 1 is 1.07 bits per heavy atom.